The van der Waals surface area contributed by atoms with E-state index < -0.39 is 57.7 Å². The number of thiol groups is 1. The summed E-state index contributed by atoms with van der Waals surface area (Å²) in [4.78, 5) is 25.0. The fourth-order valence-corrected chi connectivity index (χ4v) is 6.04. The lowest BCUT2D eigenvalue weighted by atomic mass is 9.44. The average Bonchev–Trinajstić information content (AvgIpc) is 2.59. The molecule has 4 fully saturated rings. The van der Waals surface area contributed by atoms with E-state index >= 15 is 0 Å². The third-order valence-corrected chi connectivity index (χ3v) is 7.22. The number of hydrogen-bond donors (Lipinski definition) is 1. The van der Waals surface area contributed by atoms with Gasteiger partial charge in [0.1, 0.15) is 0 Å². The van der Waals surface area contributed by atoms with E-state index in [1.807, 2.05) is 0 Å². The fraction of sp³-hybridized carbons (Fsp3) is 0.882. The molecule has 28 heavy (non-hydrogen) atoms. The van der Waals surface area contributed by atoms with Gasteiger partial charge in [-0.15, -0.1) is 0 Å². The van der Waals surface area contributed by atoms with Crippen LogP contribution in [0.15, 0.2) is 0 Å². The molecular weight excluding hydrogens is 408 g/mol. The first-order chi connectivity index (χ1) is 12.9. The lowest BCUT2D eigenvalue weighted by Crippen LogP contribution is -2.58. The van der Waals surface area contributed by atoms with E-state index in [0.29, 0.717) is 25.7 Å². The summed E-state index contributed by atoms with van der Waals surface area (Å²) >= 11 is 0. The minimum Gasteiger partial charge on any atom is -0.469 e. The Morgan fingerprint density at radius 1 is 1.00 bits per heavy atom. The number of methoxy groups -OCH3 is 1. The molecule has 0 aromatic carbocycles. The normalized spacial score (nSPS) is 34.5. The number of ether oxygens (including phenoxy) is 2. The number of carbonyl (C=O) groups is 2. The summed E-state index contributed by atoms with van der Waals surface area (Å²) in [7, 11) is -3.40. The van der Waals surface area contributed by atoms with Gasteiger partial charge in [-0.2, -0.15) is 17.6 Å². The quantitative estimate of drug-likeness (QED) is 0.380. The SMILES string of the molecule is COC(=O)C12CC3CC(C1)CC(C(=O)OCCC(F)(F)C(F)(F)[SH](=O)=O)(C3)C2. The molecular formula is C17H22F4O6S. The number of hydrogen-bond acceptors (Lipinski definition) is 6. The second kappa shape index (κ2) is 6.84. The van der Waals surface area contributed by atoms with E-state index in [4.69, 9.17) is 9.47 Å². The number of rotatable bonds is 7. The van der Waals surface area contributed by atoms with Gasteiger partial charge in [0.2, 0.25) is 10.7 Å². The zero-order chi connectivity index (χ0) is 21.0. The zero-order valence-corrected chi connectivity index (χ0v) is 16.1. The standard InChI is InChI=1S/C17H22F4O6S/c1-26-12(22)14-5-10-4-11(6-14)8-15(7-10,9-14)13(23)27-3-2-16(18,19)17(20,21)28(24)25/h10-11,28H,2-9H2,1H3. The number of carbonyl (C=O) groups excluding carboxylic acids is 2. The molecule has 160 valence electrons. The van der Waals surface area contributed by atoms with Gasteiger partial charge in [0.25, 0.3) is 0 Å². The largest absolute Gasteiger partial charge is 0.469 e. The fourth-order valence-electron chi connectivity index (χ4n) is 5.67. The third-order valence-electron chi connectivity index (χ3n) is 6.43. The Kier molecular flexibility index (Phi) is 5.21. The van der Waals surface area contributed by atoms with Crippen molar-refractivity contribution in [3.05, 3.63) is 0 Å². The molecule has 0 aromatic heterocycles. The molecule has 4 rings (SSSR count). The Balaban J connectivity index is 1.69. The average molecular weight is 430 g/mol. The van der Waals surface area contributed by atoms with Crippen molar-refractivity contribution in [1.82, 2.24) is 0 Å². The Bertz CT molecular complexity index is 728. The Morgan fingerprint density at radius 3 is 1.96 bits per heavy atom. The van der Waals surface area contributed by atoms with Gasteiger partial charge in [-0.05, 0) is 50.4 Å². The Morgan fingerprint density at radius 2 is 1.50 bits per heavy atom. The Hall–Kier alpha value is -1.39. The molecule has 2 unspecified atom stereocenters. The van der Waals surface area contributed by atoms with Crippen LogP contribution >= 0.6 is 0 Å². The van der Waals surface area contributed by atoms with Crippen molar-refractivity contribution < 1.29 is 45.0 Å². The van der Waals surface area contributed by atoms with Crippen LogP contribution < -0.4 is 0 Å². The number of esters is 2. The van der Waals surface area contributed by atoms with Gasteiger partial charge < -0.3 is 9.47 Å². The van der Waals surface area contributed by atoms with Gasteiger partial charge in [-0.1, -0.05) is 0 Å². The summed E-state index contributed by atoms with van der Waals surface area (Å²) in [5.41, 5.74) is -1.81. The van der Waals surface area contributed by atoms with E-state index in [0.717, 1.165) is 6.42 Å². The first-order valence-corrected chi connectivity index (χ1v) is 10.2. The van der Waals surface area contributed by atoms with Crippen LogP contribution in [0.1, 0.15) is 44.9 Å². The third kappa shape index (κ3) is 3.29. The predicted molar refractivity (Wildman–Crippen MR) is 87.3 cm³/mol. The smallest absolute Gasteiger partial charge is 0.404 e. The second-order valence-electron chi connectivity index (χ2n) is 8.40. The number of halogens is 4. The van der Waals surface area contributed by atoms with Gasteiger partial charge >= 0.3 is 23.1 Å². The van der Waals surface area contributed by atoms with E-state index in [2.05, 4.69) is 0 Å². The molecule has 0 radical (unpaired) electrons. The maximum absolute atomic E-state index is 13.5. The zero-order valence-electron chi connectivity index (χ0n) is 15.2. The van der Waals surface area contributed by atoms with Gasteiger partial charge in [0.15, 0.2) is 0 Å². The highest BCUT2D eigenvalue weighted by atomic mass is 32.2. The molecule has 0 aliphatic heterocycles. The van der Waals surface area contributed by atoms with Gasteiger partial charge in [-0.3, -0.25) is 9.59 Å². The summed E-state index contributed by atoms with van der Waals surface area (Å²) in [6.07, 6.45) is 1.57. The number of alkyl halides is 4. The first-order valence-electron chi connectivity index (χ1n) is 9.03. The topological polar surface area (TPSA) is 86.7 Å². The van der Waals surface area contributed by atoms with Gasteiger partial charge in [0, 0.05) is 0 Å². The molecule has 0 amide bonds. The van der Waals surface area contributed by atoms with Crippen LogP contribution in [0, 0.1) is 22.7 Å². The summed E-state index contributed by atoms with van der Waals surface area (Å²) in [6, 6.07) is 0. The maximum Gasteiger partial charge on any atom is 0.404 e. The van der Waals surface area contributed by atoms with Crippen LogP contribution in [0.5, 0.6) is 0 Å². The van der Waals surface area contributed by atoms with Crippen LogP contribution in [0.4, 0.5) is 17.6 Å². The van der Waals surface area contributed by atoms with E-state index in [9.17, 15) is 35.6 Å². The maximum atomic E-state index is 13.5. The van der Waals surface area contributed by atoms with Crippen LogP contribution in [0.2, 0.25) is 0 Å². The molecule has 0 aromatic rings. The lowest BCUT2D eigenvalue weighted by molar-refractivity contribution is -0.196. The highest BCUT2D eigenvalue weighted by Gasteiger charge is 2.64. The monoisotopic (exact) mass is 430 g/mol. The van der Waals surface area contributed by atoms with Crippen molar-refractivity contribution in [2.75, 3.05) is 13.7 Å². The summed E-state index contributed by atoms with van der Waals surface area (Å²) in [6.45, 7) is -1.03. The highest BCUT2D eigenvalue weighted by Crippen LogP contribution is 2.66. The molecule has 4 aliphatic rings. The van der Waals surface area contributed by atoms with Gasteiger partial charge in [-0.25, -0.2) is 8.42 Å². The van der Waals surface area contributed by atoms with Crippen molar-refractivity contribution in [3.63, 3.8) is 0 Å². The molecule has 6 nitrogen and oxygen atoms in total. The molecule has 4 aliphatic carbocycles. The summed E-state index contributed by atoms with van der Waals surface area (Å²) < 4.78 is 83.8. The van der Waals surface area contributed by atoms with Crippen molar-refractivity contribution in [3.8, 4) is 0 Å². The molecule has 2 atom stereocenters. The van der Waals surface area contributed by atoms with Crippen molar-refractivity contribution in [2.45, 2.75) is 56.1 Å². The molecule has 0 spiro atoms. The van der Waals surface area contributed by atoms with Crippen molar-refractivity contribution in [1.29, 1.82) is 0 Å². The van der Waals surface area contributed by atoms with Crippen molar-refractivity contribution in [2.24, 2.45) is 22.7 Å². The van der Waals surface area contributed by atoms with Crippen LogP contribution in [0.3, 0.4) is 0 Å². The molecule has 0 N–H and O–H groups in total. The summed E-state index contributed by atoms with van der Waals surface area (Å²) in [5, 5.41) is -5.22. The molecule has 0 saturated heterocycles. The van der Waals surface area contributed by atoms with Crippen LogP contribution in [-0.2, 0) is 29.8 Å². The lowest BCUT2D eigenvalue weighted by Gasteiger charge is -2.59. The highest BCUT2D eigenvalue weighted by molar-refractivity contribution is 7.73. The predicted octanol–water partition coefficient (Wildman–Crippen LogP) is 2.52. The van der Waals surface area contributed by atoms with E-state index in [1.165, 1.54) is 7.11 Å². The van der Waals surface area contributed by atoms with Crippen molar-refractivity contribution >= 4 is 22.6 Å². The minimum atomic E-state index is -5.22. The molecule has 4 bridgehead atoms. The molecule has 11 heteroatoms. The summed E-state index contributed by atoms with van der Waals surface area (Å²) in [5.74, 6) is -5.81. The van der Waals surface area contributed by atoms with Gasteiger partial charge in [0.05, 0.1) is 31.0 Å². The second-order valence-corrected chi connectivity index (χ2v) is 9.48. The molecule has 0 heterocycles. The van der Waals surface area contributed by atoms with Crippen LogP contribution in [0.25, 0.3) is 0 Å². The molecule has 4 saturated carbocycles. The van der Waals surface area contributed by atoms with Crippen LogP contribution in [-0.4, -0.2) is 45.3 Å². The first kappa shape index (κ1) is 21.3. The minimum absolute atomic E-state index is 0.114. The Labute approximate surface area is 160 Å². The van der Waals surface area contributed by atoms with E-state index in [-0.39, 0.29) is 18.3 Å². The van der Waals surface area contributed by atoms with E-state index in [1.54, 1.807) is 0 Å².